The summed E-state index contributed by atoms with van der Waals surface area (Å²) in [6.07, 6.45) is -1.05. The smallest absolute Gasteiger partial charge is 0.340 e. The summed E-state index contributed by atoms with van der Waals surface area (Å²) in [5, 5.41) is 12.1. The molecule has 1 aliphatic rings. The van der Waals surface area contributed by atoms with E-state index in [1.165, 1.54) is 6.92 Å². The summed E-state index contributed by atoms with van der Waals surface area (Å²) in [4.78, 5) is 25.4. The predicted octanol–water partition coefficient (Wildman–Crippen LogP) is 3.47. The van der Waals surface area contributed by atoms with Crippen LogP contribution in [-0.2, 0) is 9.53 Å². The number of hydrogen-bond acceptors (Lipinski definition) is 6. The number of fused-ring (bicyclic) bond motifs is 1. The summed E-state index contributed by atoms with van der Waals surface area (Å²) in [7, 11) is 0. The second-order valence-electron chi connectivity index (χ2n) is 8.45. The Morgan fingerprint density at radius 2 is 1.81 bits per heavy atom. The van der Waals surface area contributed by atoms with E-state index in [-0.39, 0.29) is 5.92 Å². The number of nitrogens with one attached hydrogen (secondary N) is 1. The molecule has 1 aromatic carbocycles. The van der Waals surface area contributed by atoms with Gasteiger partial charge in [0, 0.05) is 23.1 Å². The number of esters is 1. The zero-order valence-electron chi connectivity index (χ0n) is 19.3. The van der Waals surface area contributed by atoms with Crippen LogP contribution in [0.15, 0.2) is 24.3 Å². The van der Waals surface area contributed by atoms with Gasteiger partial charge >= 0.3 is 5.97 Å². The highest BCUT2D eigenvalue weighted by Gasteiger charge is 2.33. The van der Waals surface area contributed by atoms with E-state index in [4.69, 9.17) is 14.2 Å². The molecule has 0 aliphatic carbocycles. The monoisotopic (exact) mass is 439 g/mol. The maximum absolute atomic E-state index is 12.9. The van der Waals surface area contributed by atoms with Gasteiger partial charge in [0.1, 0.15) is 18.8 Å². The molecule has 1 N–H and O–H groups in total. The van der Waals surface area contributed by atoms with Gasteiger partial charge in [0.2, 0.25) is 0 Å². The van der Waals surface area contributed by atoms with Crippen molar-refractivity contribution < 1.29 is 23.8 Å². The molecular formula is C24H29N3O5. The third-order valence-electron chi connectivity index (χ3n) is 5.86. The average Bonchev–Trinajstić information content (AvgIpc) is 3.06. The molecule has 32 heavy (non-hydrogen) atoms. The molecule has 2 heterocycles. The molecule has 1 aliphatic heterocycles. The van der Waals surface area contributed by atoms with E-state index in [0.29, 0.717) is 36.0 Å². The van der Waals surface area contributed by atoms with Crippen molar-refractivity contribution in [3.8, 4) is 23.3 Å². The zero-order valence-corrected chi connectivity index (χ0v) is 19.3. The number of carbonyl (C=O) groups is 2. The number of benzene rings is 1. The number of ether oxygens (including phenoxy) is 3. The number of aryl methyl sites for hydroxylation is 1. The van der Waals surface area contributed by atoms with Gasteiger partial charge in [-0.2, -0.15) is 5.26 Å². The lowest BCUT2D eigenvalue weighted by Crippen LogP contribution is -2.52. The lowest BCUT2D eigenvalue weighted by Gasteiger charge is -2.28. The summed E-state index contributed by atoms with van der Waals surface area (Å²) < 4.78 is 18.6. The standard InChI is InChI=1S/C24H29N3O5/c1-14(2)24(6,13-25)26-22(28)17(5)32-23(29)19-11-15(3)27(16(19)4)18-7-8-20-21(12-18)31-10-9-30-20/h7-8,11-12,14,17H,9-10H2,1-6H3,(H,26,28)/t17-,24-/m1/s1. The van der Waals surface area contributed by atoms with Crippen molar-refractivity contribution in [1.29, 1.82) is 5.26 Å². The minimum atomic E-state index is -1.05. The van der Waals surface area contributed by atoms with Gasteiger partial charge in [-0.05, 0) is 51.8 Å². The average molecular weight is 440 g/mol. The molecule has 0 saturated carbocycles. The van der Waals surface area contributed by atoms with Crippen LogP contribution < -0.4 is 14.8 Å². The van der Waals surface area contributed by atoms with E-state index in [2.05, 4.69) is 11.4 Å². The molecule has 8 heteroatoms. The maximum atomic E-state index is 12.9. The number of hydrogen-bond donors (Lipinski definition) is 1. The number of nitrogens with zero attached hydrogens (tertiary/aromatic N) is 2. The van der Waals surface area contributed by atoms with E-state index < -0.39 is 23.5 Å². The highest BCUT2D eigenvalue weighted by molar-refractivity contribution is 5.94. The molecule has 1 aromatic heterocycles. The van der Waals surface area contributed by atoms with Gasteiger partial charge in [0.15, 0.2) is 17.6 Å². The van der Waals surface area contributed by atoms with Crippen LogP contribution in [0.25, 0.3) is 5.69 Å². The molecular weight excluding hydrogens is 410 g/mol. The number of nitriles is 1. The Kier molecular flexibility index (Phi) is 6.49. The lowest BCUT2D eigenvalue weighted by molar-refractivity contribution is -0.130. The quantitative estimate of drug-likeness (QED) is 0.692. The Morgan fingerprint density at radius 3 is 2.44 bits per heavy atom. The summed E-state index contributed by atoms with van der Waals surface area (Å²) in [6.45, 7) is 11.5. The number of aromatic nitrogens is 1. The van der Waals surface area contributed by atoms with Crippen molar-refractivity contribution in [1.82, 2.24) is 9.88 Å². The fourth-order valence-electron chi connectivity index (χ4n) is 3.47. The van der Waals surface area contributed by atoms with E-state index in [0.717, 1.165) is 11.4 Å². The van der Waals surface area contributed by atoms with Gasteiger partial charge in [-0.1, -0.05) is 13.8 Å². The van der Waals surface area contributed by atoms with Crippen LogP contribution in [0.5, 0.6) is 11.5 Å². The summed E-state index contributed by atoms with van der Waals surface area (Å²) >= 11 is 0. The van der Waals surface area contributed by atoms with Crippen LogP contribution in [0.2, 0.25) is 0 Å². The van der Waals surface area contributed by atoms with E-state index in [9.17, 15) is 14.9 Å². The summed E-state index contributed by atoms with van der Waals surface area (Å²) in [5.41, 5.74) is 1.66. The molecule has 2 atom stereocenters. The van der Waals surface area contributed by atoms with E-state index in [1.807, 2.05) is 50.5 Å². The summed E-state index contributed by atoms with van der Waals surface area (Å²) in [6, 6.07) is 9.45. The predicted molar refractivity (Wildman–Crippen MR) is 118 cm³/mol. The fraction of sp³-hybridized carbons (Fsp3) is 0.458. The molecule has 0 saturated heterocycles. The first-order chi connectivity index (χ1) is 15.1. The molecule has 1 amide bonds. The van der Waals surface area contributed by atoms with Crippen LogP contribution >= 0.6 is 0 Å². The maximum Gasteiger partial charge on any atom is 0.340 e. The van der Waals surface area contributed by atoms with Crippen molar-refractivity contribution >= 4 is 11.9 Å². The molecule has 2 aromatic rings. The van der Waals surface area contributed by atoms with Gasteiger partial charge in [-0.3, -0.25) is 4.79 Å². The molecule has 0 fully saturated rings. The van der Waals surface area contributed by atoms with Gasteiger partial charge in [0.05, 0.1) is 11.6 Å². The third-order valence-corrected chi connectivity index (χ3v) is 5.86. The van der Waals surface area contributed by atoms with Crippen molar-refractivity contribution in [3.05, 3.63) is 41.2 Å². The highest BCUT2D eigenvalue weighted by atomic mass is 16.6. The molecule has 0 radical (unpaired) electrons. The van der Waals surface area contributed by atoms with E-state index >= 15 is 0 Å². The molecule has 0 unspecified atom stereocenters. The Balaban J connectivity index is 1.79. The molecule has 3 rings (SSSR count). The minimum absolute atomic E-state index is 0.107. The van der Waals surface area contributed by atoms with Crippen molar-refractivity contribution in [2.45, 2.75) is 53.2 Å². The van der Waals surface area contributed by atoms with E-state index in [1.54, 1.807) is 13.0 Å². The Hall–Kier alpha value is -3.47. The largest absolute Gasteiger partial charge is 0.486 e. The Morgan fingerprint density at radius 1 is 1.16 bits per heavy atom. The van der Waals surface area contributed by atoms with Crippen LogP contribution in [0.4, 0.5) is 0 Å². The van der Waals surface area contributed by atoms with Crippen molar-refractivity contribution in [2.75, 3.05) is 13.2 Å². The normalized spacial score (nSPS) is 15.4. The molecule has 0 bridgehead atoms. The minimum Gasteiger partial charge on any atom is -0.486 e. The summed E-state index contributed by atoms with van der Waals surface area (Å²) in [5.74, 6) is 0.114. The molecule has 0 spiro atoms. The van der Waals surface area contributed by atoms with Crippen molar-refractivity contribution in [2.24, 2.45) is 5.92 Å². The first-order valence-corrected chi connectivity index (χ1v) is 10.6. The van der Waals surface area contributed by atoms with Crippen LogP contribution in [0.3, 0.4) is 0 Å². The first kappa shape index (κ1) is 23.2. The first-order valence-electron chi connectivity index (χ1n) is 10.6. The third kappa shape index (κ3) is 4.42. The Labute approximate surface area is 188 Å². The van der Waals surface area contributed by atoms with Gasteiger partial charge in [0.25, 0.3) is 5.91 Å². The fourth-order valence-corrected chi connectivity index (χ4v) is 3.47. The second kappa shape index (κ2) is 8.95. The number of carbonyl (C=O) groups excluding carboxylic acids is 2. The highest BCUT2D eigenvalue weighted by Crippen LogP contribution is 2.33. The second-order valence-corrected chi connectivity index (χ2v) is 8.45. The SMILES string of the molecule is Cc1cc(C(=O)O[C@H](C)C(=O)N[C@](C)(C#N)C(C)C)c(C)n1-c1ccc2c(c1)OCCO2. The van der Waals surface area contributed by atoms with Gasteiger partial charge in [-0.15, -0.1) is 0 Å². The number of amides is 1. The van der Waals surface area contributed by atoms with Crippen LogP contribution in [0.1, 0.15) is 49.4 Å². The van der Waals surface area contributed by atoms with Crippen LogP contribution in [-0.4, -0.2) is 41.3 Å². The topological polar surface area (TPSA) is 103 Å². The number of rotatable bonds is 6. The Bertz CT molecular complexity index is 1080. The molecule has 8 nitrogen and oxygen atoms in total. The van der Waals surface area contributed by atoms with Crippen LogP contribution in [0, 0.1) is 31.1 Å². The lowest BCUT2D eigenvalue weighted by atomic mass is 9.90. The molecule has 170 valence electrons. The van der Waals surface area contributed by atoms with Gasteiger partial charge < -0.3 is 24.1 Å². The zero-order chi connectivity index (χ0) is 23.6. The van der Waals surface area contributed by atoms with Gasteiger partial charge in [-0.25, -0.2) is 4.79 Å². The van der Waals surface area contributed by atoms with Crippen molar-refractivity contribution in [3.63, 3.8) is 0 Å².